The van der Waals surface area contributed by atoms with Crippen LogP contribution in [0.3, 0.4) is 0 Å². The van der Waals surface area contributed by atoms with E-state index < -0.39 is 0 Å². The first kappa shape index (κ1) is 9.62. The van der Waals surface area contributed by atoms with Crippen molar-refractivity contribution in [1.29, 1.82) is 0 Å². The third-order valence-corrected chi connectivity index (χ3v) is 2.77. The summed E-state index contributed by atoms with van der Waals surface area (Å²) in [7, 11) is 0. The predicted octanol–water partition coefficient (Wildman–Crippen LogP) is 1.22. The Labute approximate surface area is 84.7 Å². The number of hydrogen-bond donors (Lipinski definition) is 2. The van der Waals surface area contributed by atoms with E-state index in [0.717, 1.165) is 12.8 Å². The lowest BCUT2D eigenvalue weighted by Gasteiger charge is -2.33. The van der Waals surface area contributed by atoms with E-state index in [0.29, 0.717) is 18.1 Å². The number of pyridine rings is 1. The van der Waals surface area contributed by atoms with Gasteiger partial charge in [-0.05, 0) is 31.4 Å². The minimum Gasteiger partial charge on any atom is -0.328 e. The summed E-state index contributed by atoms with van der Waals surface area (Å²) in [5, 5.41) is 3.54. The van der Waals surface area contributed by atoms with Crippen LogP contribution in [0.2, 0.25) is 0 Å². The lowest BCUT2D eigenvalue weighted by atomic mass is 9.91. The van der Waals surface area contributed by atoms with Crippen LogP contribution in [0, 0.1) is 0 Å². The van der Waals surface area contributed by atoms with Gasteiger partial charge < -0.3 is 11.1 Å². The predicted molar refractivity (Wildman–Crippen MR) is 56.8 cm³/mol. The zero-order valence-corrected chi connectivity index (χ0v) is 8.48. The van der Waals surface area contributed by atoms with E-state index in [1.807, 2.05) is 12.3 Å². The Morgan fingerprint density at radius 3 is 3.00 bits per heavy atom. The number of nitrogens with one attached hydrogen (secondary N) is 1. The van der Waals surface area contributed by atoms with Gasteiger partial charge in [-0.3, -0.25) is 4.98 Å². The van der Waals surface area contributed by atoms with Crippen LogP contribution in [0.5, 0.6) is 0 Å². The van der Waals surface area contributed by atoms with Gasteiger partial charge in [-0.2, -0.15) is 0 Å². The molecular weight excluding hydrogens is 174 g/mol. The Bertz CT molecular complexity index is 276. The van der Waals surface area contributed by atoms with E-state index >= 15 is 0 Å². The molecule has 14 heavy (non-hydrogen) atoms. The summed E-state index contributed by atoms with van der Waals surface area (Å²) >= 11 is 0. The Morgan fingerprint density at radius 2 is 2.36 bits per heavy atom. The lowest BCUT2D eigenvalue weighted by molar-refractivity contribution is 0.307. The van der Waals surface area contributed by atoms with Gasteiger partial charge in [-0.15, -0.1) is 0 Å². The van der Waals surface area contributed by atoms with Crippen LogP contribution in [0.4, 0.5) is 0 Å². The summed E-state index contributed by atoms with van der Waals surface area (Å²) in [5.74, 6) is 0. The van der Waals surface area contributed by atoms with Crippen LogP contribution in [0.25, 0.3) is 0 Å². The van der Waals surface area contributed by atoms with Crippen molar-refractivity contribution in [3.8, 4) is 0 Å². The van der Waals surface area contributed by atoms with Gasteiger partial charge >= 0.3 is 0 Å². The van der Waals surface area contributed by atoms with Crippen molar-refractivity contribution >= 4 is 0 Å². The molecule has 3 nitrogen and oxygen atoms in total. The second-order valence-electron chi connectivity index (χ2n) is 4.14. The number of nitrogens with two attached hydrogens (primary N) is 1. The molecule has 0 bridgehead atoms. The molecular formula is C11H17N3. The fourth-order valence-corrected chi connectivity index (χ4v) is 2.15. The first-order valence-corrected chi connectivity index (χ1v) is 5.17. The average molecular weight is 191 g/mol. The first-order valence-electron chi connectivity index (χ1n) is 5.17. The summed E-state index contributed by atoms with van der Waals surface area (Å²) in [4.78, 5) is 4.13. The van der Waals surface area contributed by atoms with Crippen molar-refractivity contribution in [2.45, 2.75) is 37.9 Å². The minimum atomic E-state index is 0.316. The summed E-state index contributed by atoms with van der Waals surface area (Å²) in [6.07, 6.45) is 5.80. The van der Waals surface area contributed by atoms with Gasteiger partial charge in [0.25, 0.3) is 0 Å². The number of rotatable bonds is 1. The van der Waals surface area contributed by atoms with Crippen molar-refractivity contribution in [2.24, 2.45) is 5.73 Å². The van der Waals surface area contributed by atoms with E-state index in [2.05, 4.69) is 23.3 Å². The summed E-state index contributed by atoms with van der Waals surface area (Å²) in [5.41, 5.74) is 7.24. The number of piperidine rings is 1. The van der Waals surface area contributed by atoms with Gasteiger partial charge in [0, 0.05) is 30.5 Å². The Morgan fingerprint density at radius 1 is 1.50 bits per heavy atom. The van der Waals surface area contributed by atoms with E-state index in [1.165, 1.54) is 5.56 Å². The molecule has 0 unspecified atom stereocenters. The van der Waals surface area contributed by atoms with Crippen LogP contribution in [-0.2, 0) is 0 Å². The molecule has 0 amide bonds. The molecule has 0 aliphatic carbocycles. The molecule has 3 atom stereocenters. The van der Waals surface area contributed by atoms with Gasteiger partial charge in [0.1, 0.15) is 0 Å². The average Bonchev–Trinajstić information content (AvgIpc) is 2.18. The maximum absolute atomic E-state index is 5.99. The molecule has 0 saturated carbocycles. The van der Waals surface area contributed by atoms with Crippen LogP contribution >= 0.6 is 0 Å². The van der Waals surface area contributed by atoms with Crippen molar-refractivity contribution in [3.05, 3.63) is 30.1 Å². The topological polar surface area (TPSA) is 50.9 Å². The highest BCUT2D eigenvalue weighted by Gasteiger charge is 2.24. The lowest BCUT2D eigenvalue weighted by Crippen LogP contribution is -2.44. The van der Waals surface area contributed by atoms with E-state index in [-0.39, 0.29) is 0 Å². The molecule has 1 fully saturated rings. The third-order valence-electron chi connectivity index (χ3n) is 2.77. The van der Waals surface area contributed by atoms with Gasteiger partial charge in [-0.25, -0.2) is 0 Å². The maximum atomic E-state index is 5.99. The molecule has 0 spiro atoms. The SMILES string of the molecule is C[C@H]1C[C@H](N)C[C@@H](c2cccnc2)N1. The standard InChI is InChI=1S/C11H17N3/c1-8-5-10(12)6-11(14-8)9-3-2-4-13-7-9/h2-4,7-8,10-11,14H,5-6,12H2,1H3/t8-,10-,11-/m0/s1. The van der Waals surface area contributed by atoms with Crippen molar-refractivity contribution < 1.29 is 0 Å². The van der Waals surface area contributed by atoms with E-state index in [1.54, 1.807) is 6.20 Å². The summed E-state index contributed by atoms with van der Waals surface area (Å²) in [6, 6.07) is 5.28. The fourth-order valence-electron chi connectivity index (χ4n) is 2.15. The molecule has 0 radical (unpaired) electrons. The molecule has 0 aromatic carbocycles. The highest BCUT2D eigenvalue weighted by Crippen LogP contribution is 2.23. The second kappa shape index (κ2) is 4.07. The van der Waals surface area contributed by atoms with Crippen LogP contribution in [0.15, 0.2) is 24.5 Å². The molecule has 1 aromatic heterocycles. The van der Waals surface area contributed by atoms with Gasteiger partial charge in [0.15, 0.2) is 0 Å². The fraction of sp³-hybridized carbons (Fsp3) is 0.545. The quantitative estimate of drug-likeness (QED) is 0.701. The summed E-state index contributed by atoms with van der Waals surface area (Å²) < 4.78 is 0. The molecule has 1 saturated heterocycles. The molecule has 2 rings (SSSR count). The van der Waals surface area contributed by atoms with Crippen LogP contribution < -0.4 is 11.1 Å². The van der Waals surface area contributed by atoms with Crippen molar-refractivity contribution in [3.63, 3.8) is 0 Å². The molecule has 1 aliphatic heterocycles. The Hall–Kier alpha value is -0.930. The molecule has 1 aliphatic rings. The van der Waals surface area contributed by atoms with Crippen LogP contribution in [0.1, 0.15) is 31.4 Å². The van der Waals surface area contributed by atoms with Crippen LogP contribution in [-0.4, -0.2) is 17.1 Å². The first-order chi connectivity index (χ1) is 6.75. The van der Waals surface area contributed by atoms with Gasteiger partial charge in [-0.1, -0.05) is 6.07 Å². The Balaban J connectivity index is 2.11. The zero-order valence-electron chi connectivity index (χ0n) is 8.48. The largest absolute Gasteiger partial charge is 0.328 e. The molecule has 2 heterocycles. The smallest absolute Gasteiger partial charge is 0.0352 e. The Kier molecular flexibility index (Phi) is 2.79. The van der Waals surface area contributed by atoms with E-state index in [9.17, 15) is 0 Å². The molecule has 3 heteroatoms. The highest BCUT2D eigenvalue weighted by molar-refractivity contribution is 5.15. The van der Waals surface area contributed by atoms with Gasteiger partial charge in [0.05, 0.1) is 0 Å². The second-order valence-corrected chi connectivity index (χ2v) is 4.14. The summed E-state index contributed by atoms with van der Waals surface area (Å²) in [6.45, 7) is 2.18. The highest BCUT2D eigenvalue weighted by atomic mass is 15.0. The van der Waals surface area contributed by atoms with Crippen molar-refractivity contribution in [1.82, 2.24) is 10.3 Å². The number of nitrogens with zero attached hydrogens (tertiary/aromatic N) is 1. The van der Waals surface area contributed by atoms with E-state index in [4.69, 9.17) is 5.73 Å². The van der Waals surface area contributed by atoms with Gasteiger partial charge in [0.2, 0.25) is 0 Å². The van der Waals surface area contributed by atoms with Crippen molar-refractivity contribution in [2.75, 3.05) is 0 Å². The molecule has 76 valence electrons. The maximum Gasteiger partial charge on any atom is 0.0352 e. The monoisotopic (exact) mass is 191 g/mol. The number of aromatic nitrogens is 1. The minimum absolute atomic E-state index is 0.316. The number of hydrogen-bond acceptors (Lipinski definition) is 3. The third kappa shape index (κ3) is 2.11. The zero-order chi connectivity index (χ0) is 9.97. The molecule has 3 N–H and O–H groups in total. The molecule has 1 aromatic rings. The normalized spacial score (nSPS) is 32.9.